The third-order valence-corrected chi connectivity index (χ3v) is 3.00. The van der Waals surface area contributed by atoms with Crippen molar-refractivity contribution in [1.29, 1.82) is 0 Å². The molecule has 1 aromatic heterocycles. The lowest BCUT2D eigenvalue weighted by Crippen LogP contribution is -2.40. The van der Waals surface area contributed by atoms with Crippen LogP contribution in [0.5, 0.6) is 5.75 Å². The summed E-state index contributed by atoms with van der Waals surface area (Å²) in [5, 5.41) is 7.00. The van der Waals surface area contributed by atoms with Gasteiger partial charge in [0.2, 0.25) is 0 Å². The van der Waals surface area contributed by atoms with E-state index in [1.807, 2.05) is 11.9 Å². The number of rotatable bonds is 6. The monoisotopic (exact) mass is 306 g/mol. The van der Waals surface area contributed by atoms with Gasteiger partial charge in [0.25, 0.3) is 0 Å². The predicted molar refractivity (Wildman–Crippen MR) is 81.2 cm³/mol. The largest absolute Gasteiger partial charge is 0.492 e. The fourth-order valence-corrected chi connectivity index (χ4v) is 1.82. The minimum absolute atomic E-state index is 0.276. The summed E-state index contributed by atoms with van der Waals surface area (Å²) in [4.78, 5) is 6.13. The molecule has 0 spiro atoms. The molecule has 0 atom stereocenters. The first kappa shape index (κ1) is 15.8. The second-order valence-corrected chi connectivity index (χ2v) is 4.62. The zero-order chi connectivity index (χ0) is 15.8. The van der Waals surface area contributed by atoms with Gasteiger partial charge in [0, 0.05) is 20.2 Å². The minimum Gasteiger partial charge on any atom is -0.492 e. The van der Waals surface area contributed by atoms with Crippen LogP contribution in [-0.4, -0.2) is 43.3 Å². The molecule has 1 N–H and O–H groups in total. The summed E-state index contributed by atoms with van der Waals surface area (Å²) in [6, 6.07) is 7.74. The molecule has 0 fully saturated rings. The first-order valence-corrected chi connectivity index (χ1v) is 6.88. The van der Waals surface area contributed by atoms with Crippen LogP contribution in [0.4, 0.5) is 4.39 Å². The van der Waals surface area contributed by atoms with Crippen LogP contribution < -0.4 is 10.1 Å². The van der Waals surface area contributed by atoms with Gasteiger partial charge in [0.15, 0.2) is 5.96 Å². The molecule has 0 saturated carbocycles. The molecular formula is C15H19FN4O2. The van der Waals surface area contributed by atoms with Crippen molar-refractivity contribution in [3.63, 3.8) is 0 Å². The van der Waals surface area contributed by atoms with Crippen molar-refractivity contribution in [2.75, 3.05) is 27.2 Å². The van der Waals surface area contributed by atoms with Gasteiger partial charge in [-0.15, -0.1) is 0 Å². The van der Waals surface area contributed by atoms with Crippen LogP contribution in [0.2, 0.25) is 0 Å². The Hall–Kier alpha value is -2.57. The summed E-state index contributed by atoms with van der Waals surface area (Å²) < 4.78 is 23.1. The van der Waals surface area contributed by atoms with Crippen molar-refractivity contribution in [3.05, 3.63) is 48.1 Å². The Morgan fingerprint density at radius 3 is 2.77 bits per heavy atom. The smallest absolute Gasteiger partial charge is 0.193 e. The maximum Gasteiger partial charge on any atom is 0.193 e. The van der Waals surface area contributed by atoms with E-state index in [4.69, 9.17) is 9.26 Å². The summed E-state index contributed by atoms with van der Waals surface area (Å²) in [6.07, 6.45) is 1.53. The maximum atomic E-state index is 12.8. The van der Waals surface area contributed by atoms with Crippen molar-refractivity contribution in [3.8, 4) is 5.75 Å². The first-order chi connectivity index (χ1) is 10.7. The average Bonchev–Trinajstić information content (AvgIpc) is 3.03. The number of aromatic nitrogens is 1. The van der Waals surface area contributed by atoms with E-state index in [0.29, 0.717) is 25.4 Å². The van der Waals surface area contributed by atoms with E-state index in [-0.39, 0.29) is 5.82 Å². The van der Waals surface area contributed by atoms with Crippen molar-refractivity contribution < 1.29 is 13.7 Å². The van der Waals surface area contributed by atoms with Gasteiger partial charge in [-0.3, -0.25) is 4.99 Å². The molecule has 0 saturated heterocycles. The number of halogens is 1. The molecule has 1 aromatic carbocycles. The molecule has 0 aliphatic heterocycles. The first-order valence-electron chi connectivity index (χ1n) is 6.88. The van der Waals surface area contributed by atoms with E-state index in [1.165, 1.54) is 18.4 Å². The quantitative estimate of drug-likeness (QED) is 0.652. The van der Waals surface area contributed by atoms with Crippen LogP contribution in [-0.2, 0) is 6.54 Å². The van der Waals surface area contributed by atoms with Crippen molar-refractivity contribution >= 4 is 5.96 Å². The minimum atomic E-state index is -0.276. The van der Waals surface area contributed by atoms with Crippen LogP contribution in [0, 0.1) is 5.82 Å². The molecule has 0 amide bonds. The second-order valence-electron chi connectivity index (χ2n) is 4.62. The van der Waals surface area contributed by atoms with E-state index in [1.54, 1.807) is 25.2 Å². The summed E-state index contributed by atoms with van der Waals surface area (Å²) in [6.45, 7) is 1.63. The number of ether oxygens (including phenoxy) is 1. The fraction of sp³-hybridized carbons (Fsp3) is 0.333. The van der Waals surface area contributed by atoms with Gasteiger partial charge in [-0.25, -0.2) is 4.39 Å². The predicted octanol–water partition coefficient (Wildman–Crippen LogP) is 1.90. The van der Waals surface area contributed by atoms with E-state index in [2.05, 4.69) is 15.5 Å². The number of nitrogens with one attached hydrogen (secondary N) is 1. The molecule has 2 aromatic rings. The number of hydrogen-bond donors (Lipinski definition) is 1. The summed E-state index contributed by atoms with van der Waals surface area (Å²) in [7, 11) is 3.62. The van der Waals surface area contributed by atoms with E-state index >= 15 is 0 Å². The van der Waals surface area contributed by atoms with Gasteiger partial charge >= 0.3 is 0 Å². The third-order valence-electron chi connectivity index (χ3n) is 3.00. The Morgan fingerprint density at radius 1 is 1.36 bits per heavy atom. The lowest BCUT2D eigenvalue weighted by Gasteiger charge is -2.21. The van der Waals surface area contributed by atoms with Crippen molar-refractivity contribution in [2.45, 2.75) is 6.54 Å². The molecule has 22 heavy (non-hydrogen) atoms. The van der Waals surface area contributed by atoms with Crippen LogP contribution in [0.3, 0.4) is 0 Å². The van der Waals surface area contributed by atoms with Gasteiger partial charge < -0.3 is 19.5 Å². The fourth-order valence-electron chi connectivity index (χ4n) is 1.82. The molecule has 0 aliphatic rings. The van der Waals surface area contributed by atoms with Gasteiger partial charge in [-0.05, 0) is 24.3 Å². The zero-order valence-corrected chi connectivity index (χ0v) is 12.6. The molecule has 6 nitrogen and oxygen atoms in total. The van der Waals surface area contributed by atoms with Crippen LogP contribution in [0.25, 0.3) is 0 Å². The summed E-state index contributed by atoms with van der Waals surface area (Å²) in [5.74, 6) is 1.09. The lowest BCUT2D eigenvalue weighted by atomic mass is 10.3. The summed E-state index contributed by atoms with van der Waals surface area (Å²) in [5.41, 5.74) is 0.803. The number of nitrogens with zero attached hydrogens (tertiary/aromatic N) is 3. The van der Waals surface area contributed by atoms with E-state index in [0.717, 1.165) is 11.7 Å². The Bertz CT molecular complexity index is 584. The number of hydrogen-bond acceptors (Lipinski definition) is 4. The Morgan fingerprint density at radius 2 is 2.14 bits per heavy atom. The highest BCUT2D eigenvalue weighted by Gasteiger charge is 2.06. The molecule has 1 heterocycles. The number of benzene rings is 1. The topological polar surface area (TPSA) is 62.9 Å². The summed E-state index contributed by atoms with van der Waals surface area (Å²) >= 11 is 0. The number of aliphatic imine (C=N–C) groups is 1. The van der Waals surface area contributed by atoms with Gasteiger partial charge in [0.05, 0.1) is 13.1 Å². The van der Waals surface area contributed by atoms with Gasteiger partial charge in [0.1, 0.15) is 30.1 Å². The zero-order valence-electron chi connectivity index (χ0n) is 12.6. The molecule has 2 rings (SSSR count). The normalized spacial score (nSPS) is 11.3. The van der Waals surface area contributed by atoms with Crippen molar-refractivity contribution in [1.82, 2.24) is 15.4 Å². The average molecular weight is 306 g/mol. The highest BCUT2D eigenvalue weighted by atomic mass is 19.1. The van der Waals surface area contributed by atoms with Crippen LogP contribution in [0.15, 0.2) is 46.1 Å². The van der Waals surface area contributed by atoms with Crippen LogP contribution >= 0.6 is 0 Å². The van der Waals surface area contributed by atoms with E-state index < -0.39 is 0 Å². The number of guanidine groups is 1. The molecule has 0 unspecified atom stereocenters. The molecule has 0 aliphatic carbocycles. The third kappa shape index (κ3) is 4.76. The highest BCUT2D eigenvalue weighted by molar-refractivity contribution is 5.79. The molecule has 0 bridgehead atoms. The highest BCUT2D eigenvalue weighted by Crippen LogP contribution is 2.10. The number of likely N-dealkylation sites (N-methyl/N-ethyl adjacent to an activating group) is 1. The Labute approximate surface area is 128 Å². The molecule has 7 heteroatoms. The maximum absolute atomic E-state index is 12.8. The van der Waals surface area contributed by atoms with Crippen LogP contribution in [0.1, 0.15) is 5.69 Å². The van der Waals surface area contributed by atoms with Gasteiger partial charge in [-0.2, -0.15) is 0 Å². The SMILES string of the molecule is CN=C(NCc1ccon1)N(C)CCOc1ccc(F)cc1. The van der Waals surface area contributed by atoms with Crippen molar-refractivity contribution in [2.24, 2.45) is 4.99 Å². The second kappa shape index (κ2) is 8.02. The molecular weight excluding hydrogens is 287 g/mol. The molecule has 118 valence electrons. The lowest BCUT2D eigenvalue weighted by molar-refractivity contribution is 0.281. The Balaban J connectivity index is 1.74. The van der Waals surface area contributed by atoms with Gasteiger partial charge in [-0.1, -0.05) is 5.16 Å². The standard InChI is InChI=1S/C15H19FN4O2/c1-17-15(18-11-13-7-9-22-19-13)20(2)8-10-21-14-5-3-12(16)4-6-14/h3-7,9H,8,10-11H2,1-2H3,(H,17,18). The Kier molecular flexibility index (Phi) is 5.76. The van der Waals surface area contributed by atoms with E-state index in [9.17, 15) is 4.39 Å². The molecule has 0 radical (unpaired) electrons.